The summed E-state index contributed by atoms with van der Waals surface area (Å²) in [4.78, 5) is 24.2. The van der Waals surface area contributed by atoms with Crippen molar-refractivity contribution in [1.82, 2.24) is 4.57 Å². The Hall–Kier alpha value is -3.58. The summed E-state index contributed by atoms with van der Waals surface area (Å²) in [5.41, 5.74) is 1.37. The van der Waals surface area contributed by atoms with Crippen LogP contribution in [0.5, 0.6) is 0 Å². The third-order valence-electron chi connectivity index (χ3n) is 4.60. The van der Waals surface area contributed by atoms with E-state index < -0.39 is 30.2 Å². The number of esters is 1. The number of amides is 1. The van der Waals surface area contributed by atoms with Gasteiger partial charge in [-0.15, -0.1) is 0 Å². The van der Waals surface area contributed by atoms with Crippen LogP contribution in [0.15, 0.2) is 35.9 Å². The van der Waals surface area contributed by atoms with Crippen LogP contribution in [-0.4, -0.2) is 36.8 Å². The van der Waals surface area contributed by atoms with Crippen molar-refractivity contribution in [2.75, 3.05) is 25.6 Å². The number of hydrogen-bond acceptors (Lipinski definition) is 5. The number of aryl methyl sites for hydroxylation is 1. The van der Waals surface area contributed by atoms with E-state index in [1.807, 2.05) is 24.5 Å². The molecule has 0 spiro atoms. The van der Waals surface area contributed by atoms with Gasteiger partial charge in [0.2, 0.25) is 0 Å². The monoisotopic (exact) mass is 449 g/mol. The summed E-state index contributed by atoms with van der Waals surface area (Å²) in [6.45, 7) is 4.13. The van der Waals surface area contributed by atoms with Gasteiger partial charge in [0.25, 0.3) is 5.91 Å². The Bertz CT molecular complexity index is 1050. The SMILES string of the molecule is COCCn1c(C)cc(C=C(C#N)C(=O)OCC(=O)Nc2ccc(C(F)(F)F)cc2)c1C. The molecule has 32 heavy (non-hydrogen) atoms. The zero-order chi connectivity index (χ0) is 23.9. The molecule has 0 saturated carbocycles. The summed E-state index contributed by atoms with van der Waals surface area (Å²) < 4.78 is 49.7. The smallest absolute Gasteiger partial charge is 0.416 e. The van der Waals surface area contributed by atoms with Gasteiger partial charge >= 0.3 is 12.1 Å². The summed E-state index contributed by atoms with van der Waals surface area (Å²) in [5, 5.41) is 11.6. The Balaban J connectivity index is 2.00. The van der Waals surface area contributed by atoms with Gasteiger partial charge in [0, 0.05) is 30.7 Å². The molecule has 0 unspecified atom stereocenters. The molecule has 1 heterocycles. The third-order valence-corrected chi connectivity index (χ3v) is 4.60. The average Bonchev–Trinajstić information content (AvgIpc) is 3.00. The fourth-order valence-corrected chi connectivity index (χ4v) is 2.94. The lowest BCUT2D eigenvalue weighted by atomic mass is 10.1. The van der Waals surface area contributed by atoms with E-state index in [4.69, 9.17) is 9.47 Å². The van der Waals surface area contributed by atoms with E-state index in [0.717, 1.165) is 35.7 Å². The molecule has 0 aliphatic heterocycles. The first-order valence-electron chi connectivity index (χ1n) is 9.48. The molecule has 0 aliphatic carbocycles. The maximum absolute atomic E-state index is 12.6. The molecule has 1 amide bonds. The molecule has 0 saturated heterocycles. The predicted molar refractivity (Wildman–Crippen MR) is 110 cm³/mol. The highest BCUT2D eigenvalue weighted by atomic mass is 19.4. The van der Waals surface area contributed by atoms with Crippen LogP contribution in [0.25, 0.3) is 6.08 Å². The molecule has 0 bridgehead atoms. The lowest BCUT2D eigenvalue weighted by molar-refractivity contribution is -0.142. The van der Waals surface area contributed by atoms with E-state index in [1.54, 1.807) is 13.2 Å². The van der Waals surface area contributed by atoms with Crippen LogP contribution in [0.2, 0.25) is 0 Å². The zero-order valence-corrected chi connectivity index (χ0v) is 17.7. The second-order valence-electron chi connectivity index (χ2n) is 6.84. The van der Waals surface area contributed by atoms with Gasteiger partial charge in [-0.3, -0.25) is 4.79 Å². The van der Waals surface area contributed by atoms with Crippen LogP contribution in [0.4, 0.5) is 18.9 Å². The molecule has 2 aromatic rings. The Morgan fingerprint density at radius 3 is 2.44 bits per heavy atom. The van der Waals surface area contributed by atoms with Crippen LogP contribution in [0, 0.1) is 25.2 Å². The maximum atomic E-state index is 12.6. The Morgan fingerprint density at radius 2 is 1.88 bits per heavy atom. The lowest BCUT2D eigenvalue weighted by Gasteiger charge is -2.09. The van der Waals surface area contributed by atoms with Crippen LogP contribution in [-0.2, 0) is 31.8 Å². The number of carbonyl (C=O) groups excluding carboxylic acids is 2. The van der Waals surface area contributed by atoms with Gasteiger partial charge in [0.1, 0.15) is 11.6 Å². The summed E-state index contributed by atoms with van der Waals surface area (Å²) in [5.74, 6) is -1.75. The fraction of sp³-hybridized carbons (Fsp3) is 0.318. The topological polar surface area (TPSA) is 93.3 Å². The quantitative estimate of drug-likeness (QED) is 0.375. The number of methoxy groups -OCH3 is 1. The van der Waals surface area contributed by atoms with E-state index in [1.165, 1.54) is 6.08 Å². The van der Waals surface area contributed by atoms with Gasteiger partial charge < -0.3 is 19.4 Å². The van der Waals surface area contributed by atoms with Crippen molar-refractivity contribution in [2.45, 2.75) is 26.6 Å². The van der Waals surface area contributed by atoms with Gasteiger partial charge in [-0.05, 0) is 55.8 Å². The second kappa shape index (κ2) is 10.6. The molecule has 0 fully saturated rings. The molecule has 0 radical (unpaired) electrons. The predicted octanol–water partition coefficient (Wildman–Crippen LogP) is 3.86. The number of aromatic nitrogens is 1. The molecule has 1 aromatic heterocycles. The van der Waals surface area contributed by atoms with E-state index in [9.17, 15) is 28.0 Å². The summed E-state index contributed by atoms with van der Waals surface area (Å²) in [7, 11) is 1.59. The number of nitriles is 1. The van der Waals surface area contributed by atoms with E-state index in [-0.39, 0.29) is 11.3 Å². The minimum absolute atomic E-state index is 0.110. The number of ether oxygens (including phenoxy) is 2. The maximum Gasteiger partial charge on any atom is 0.416 e. The highest BCUT2D eigenvalue weighted by Gasteiger charge is 2.30. The number of halogens is 3. The molecule has 0 atom stereocenters. The number of nitrogens with zero attached hydrogens (tertiary/aromatic N) is 2. The largest absolute Gasteiger partial charge is 0.451 e. The molecular weight excluding hydrogens is 427 g/mol. The second-order valence-corrected chi connectivity index (χ2v) is 6.84. The number of hydrogen-bond donors (Lipinski definition) is 1. The molecule has 7 nitrogen and oxygen atoms in total. The van der Waals surface area contributed by atoms with E-state index >= 15 is 0 Å². The number of nitrogens with one attached hydrogen (secondary N) is 1. The van der Waals surface area contributed by atoms with Crippen molar-refractivity contribution in [3.05, 3.63) is 58.4 Å². The van der Waals surface area contributed by atoms with E-state index in [0.29, 0.717) is 18.7 Å². The number of benzene rings is 1. The first-order chi connectivity index (χ1) is 15.1. The van der Waals surface area contributed by atoms with Gasteiger partial charge in [0.05, 0.1) is 12.2 Å². The molecule has 2 rings (SSSR count). The van der Waals surface area contributed by atoms with E-state index in [2.05, 4.69) is 5.32 Å². The fourth-order valence-electron chi connectivity index (χ4n) is 2.94. The first kappa shape index (κ1) is 24.7. The van der Waals surface area contributed by atoms with Gasteiger partial charge in [-0.2, -0.15) is 18.4 Å². The normalized spacial score (nSPS) is 11.7. The lowest BCUT2D eigenvalue weighted by Crippen LogP contribution is -2.21. The number of alkyl halides is 3. The van der Waals surface area contributed by atoms with Crippen LogP contribution >= 0.6 is 0 Å². The van der Waals surface area contributed by atoms with Crippen LogP contribution in [0.1, 0.15) is 22.5 Å². The summed E-state index contributed by atoms with van der Waals surface area (Å²) in [6, 6.07) is 7.38. The molecular formula is C22H22F3N3O4. The van der Waals surface area contributed by atoms with Gasteiger partial charge in [-0.1, -0.05) is 0 Å². The average molecular weight is 449 g/mol. The first-order valence-corrected chi connectivity index (χ1v) is 9.48. The molecule has 1 aromatic carbocycles. The molecule has 0 aliphatic rings. The van der Waals surface area contributed by atoms with Crippen LogP contribution < -0.4 is 5.32 Å². The molecule has 1 N–H and O–H groups in total. The minimum atomic E-state index is -4.49. The molecule has 10 heteroatoms. The third kappa shape index (κ3) is 6.46. The van der Waals surface area contributed by atoms with Crippen molar-refractivity contribution in [3.63, 3.8) is 0 Å². The Labute approximate surface area is 183 Å². The number of rotatable bonds is 8. The van der Waals surface area contributed by atoms with Crippen molar-refractivity contribution < 1.29 is 32.2 Å². The summed E-state index contributed by atoms with van der Waals surface area (Å²) >= 11 is 0. The Kier molecular flexibility index (Phi) is 8.21. The highest BCUT2D eigenvalue weighted by molar-refractivity contribution is 6.00. The van der Waals surface area contributed by atoms with Crippen molar-refractivity contribution in [1.29, 1.82) is 5.26 Å². The number of carbonyl (C=O) groups is 2. The zero-order valence-electron chi connectivity index (χ0n) is 17.7. The summed E-state index contributed by atoms with van der Waals surface area (Å²) in [6.07, 6.45) is -3.11. The van der Waals surface area contributed by atoms with Crippen molar-refractivity contribution >= 4 is 23.6 Å². The minimum Gasteiger partial charge on any atom is -0.451 e. The van der Waals surface area contributed by atoms with Crippen molar-refractivity contribution in [3.8, 4) is 6.07 Å². The molecule has 170 valence electrons. The standard InChI is InChI=1S/C22H22F3N3O4/c1-14-10-16(15(2)28(14)8-9-31-3)11-17(12-26)21(30)32-13-20(29)27-19-6-4-18(5-7-19)22(23,24)25/h4-7,10-11H,8-9,13H2,1-3H3,(H,27,29). The van der Waals surface area contributed by atoms with Crippen molar-refractivity contribution in [2.24, 2.45) is 0 Å². The van der Waals surface area contributed by atoms with Crippen LogP contribution in [0.3, 0.4) is 0 Å². The highest BCUT2D eigenvalue weighted by Crippen LogP contribution is 2.29. The number of anilines is 1. The van der Waals surface area contributed by atoms with Gasteiger partial charge in [-0.25, -0.2) is 4.79 Å². The van der Waals surface area contributed by atoms with Gasteiger partial charge in [0.15, 0.2) is 6.61 Å². The Morgan fingerprint density at radius 1 is 1.22 bits per heavy atom.